The molecule has 3 aromatic carbocycles. The van der Waals surface area contributed by atoms with Gasteiger partial charge in [0, 0.05) is 44.3 Å². The summed E-state index contributed by atoms with van der Waals surface area (Å²) in [6.45, 7) is 1.73. The molecule has 10 aromatic rings. The number of primary amides is 1. The number of para-hydroxylation sites is 1. The number of fused-ring (bicyclic) bond motifs is 3. The second-order valence-corrected chi connectivity index (χ2v) is 30.0. The van der Waals surface area contributed by atoms with Gasteiger partial charge in [-0.25, -0.2) is 52.5 Å². The molecule has 5 N–H and O–H groups in total. The van der Waals surface area contributed by atoms with E-state index < -0.39 is 63.6 Å². The van der Waals surface area contributed by atoms with Gasteiger partial charge >= 0.3 is 69.9 Å². The van der Waals surface area contributed by atoms with Crippen LogP contribution in [0, 0.1) is 17.5 Å². The Morgan fingerprint density at radius 1 is 0.527 bits per heavy atom. The summed E-state index contributed by atoms with van der Waals surface area (Å²) in [5, 5.41) is 6.16. The van der Waals surface area contributed by atoms with Crippen molar-refractivity contribution in [1.29, 1.82) is 0 Å². The minimum absolute atomic E-state index is 0.00159. The number of aromatic amines is 2. The average molecular weight is 1930 g/mol. The first kappa shape index (κ1) is 97.5. The molecule has 1 radical (unpaired) electrons. The molecule has 0 unspecified atom stereocenters. The number of Topliss-reactive ketones (excluding diaryl/α,β-unsaturated/α-hetero) is 1. The zero-order valence-corrected chi connectivity index (χ0v) is 69.8. The summed E-state index contributed by atoms with van der Waals surface area (Å²) in [6, 6.07) is 23.3. The van der Waals surface area contributed by atoms with Gasteiger partial charge in [0.25, 0.3) is 17.0 Å². The second-order valence-electron chi connectivity index (χ2n) is 20.3. The number of pyridine rings is 7. The van der Waals surface area contributed by atoms with Gasteiger partial charge in [0.1, 0.15) is 66.9 Å². The fourth-order valence-corrected chi connectivity index (χ4v) is 10.3. The molecule has 0 bridgehead atoms. The van der Waals surface area contributed by atoms with E-state index in [2.05, 4.69) is 90.8 Å². The SMILES string of the molecule is CCC(=O)CC(=O)OC.COCc1[nH]c(=O)c2cc(Cl)c(-c3ccccc3F)nc2c1C(=O)OC.COCc1[nH]c(=O)c2cc(Cl)c(Cl)nc2c1C(=O)OC.COCc1nc(Cl)c2cc(Cl)c(-c3ccccc3F)nc2c1C(=O)OC.NC(=O)c1cc(Cl)c(Cl)nc1Cl.O=P(Cl)(Cl)Cl.O[B]Oc1ccccc1F.[Cu][I]. The fraction of sp³-hybridized carbons (Fsp3) is 0.197. The molecule has 0 saturated carbocycles. The number of H-pyrrole nitrogens is 2. The summed E-state index contributed by atoms with van der Waals surface area (Å²) in [5.41, 5.74) is 6.17. The van der Waals surface area contributed by atoms with Gasteiger partial charge in [0.05, 0.1) is 130 Å². The number of hydrogen-bond acceptors (Lipinski definition) is 23. The molecule has 0 aliphatic rings. The quantitative estimate of drug-likeness (QED) is 0.0125. The number of carbonyl (C=O) groups excluding carboxylic acids is 6. The number of hydrogen-bond donors (Lipinski definition) is 4. The molecule has 7 heterocycles. The van der Waals surface area contributed by atoms with Crippen LogP contribution in [0.25, 0.3) is 55.2 Å². The number of nitrogens with two attached hydrogens (primary N) is 1. The molecule has 0 aliphatic heterocycles. The predicted octanol–water partition coefficient (Wildman–Crippen LogP) is 17.2. The Bertz CT molecular complexity index is 5130. The summed E-state index contributed by atoms with van der Waals surface area (Å²) in [7, 11) is 9.71. The minimum atomic E-state index is -3.22. The van der Waals surface area contributed by atoms with Gasteiger partial charge in [0.2, 0.25) is 0 Å². The Balaban J connectivity index is 0.000000350. The van der Waals surface area contributed by atoms with E-state index in [1.165, 1.54) is 110 Å². The molecular formula is C66H55BCl11CuF3IN8O18P. The van der Waals surface area contributed by atoms with E-state index in [0.717, 1.165) is 0 Å². The van der Waals surface area contributed by atoms with Gasteiger partial charge < -0.3 is 58.5 Å². The Morgan fingerprint density at radius 3 is 1.33 bits per heavy atom. The maximum atomic E-state index is 14.2. The van der Waals surface area contributed by atoms with Crippen molar-refractivity contribution in [2.75, 3.05) is 49.8 Å². The number of rotatable bonds is 17. The van der Waals surface area contributed by atoms with Crippen LogP contribution in [0.1, 0.15) is 78.3 Å². The topological polar surface area (TPSA) is 370 Å². The van der Waals surface area contributed by atoms with Crippen LogP contribution in [-0.4, -0.2) is 133 Å². The first-order valence-corrected chi connectivity index (χ1v) is 40.1. The third-order valence-corrected chi connectivity index (χ3v) is 15.9. The first-order chi connectivity index (χ1) is 52.0. The number of amides is 1. The van der Waals surface area contributed by atoms with Crippen molar-refractivity contribution in [3.05, 3.63) is 215 Å². The number of aromatic nitrogens is 7. The molecule has 7 aromatic heterocycles. The van der Waals surface area contributed by atoms with Gasteiger partial charge in [-0.1, -0.05) is 136 Å². The maximum absolute atomic E-state index is 14.2. The Labute approximate surface area is 697 Å². The van der Waals surface area contributed by atoms with Crippen molar-refractivity contribution in [3.63, 3.8) is 0 Å². The van der Waals surface area contributed by atoms with E-state index in [1.807, 2.05) is 0 Å². The summed E-state index contributed by atoms with van der Waals surface area (Å²) < 4.78 is 88.5. The average Bonchev–Trinajstić information content (AvgIpc) is 0.774. The summed E-state index contributed by atoms with van der Waals surface area (Å²) in [4.78, 5) is 118. The molecule has 1 amide bonds. The third kappa shape index (κ3) is 28.7. The molecule has 26 nitrogen and oxygen atoms in total. The van der Waals surface area contributed by atoms with Crippen LogP contribution in [0.4, 0.5) is 13.2 Å². The molecule has 0 aliphatic carbocycles. The Kier molecular flexibility index (Phi) is 42.9. The number of carbonyl (C=O) groups is 6. The second kappa shape index (κ2) is 48.4. The molecule has 0 spiro atoms. The monoisotopic (exact) mass is 1920 g/mol. The summed E-state index contributed by atoms with van der Waals surface area (Å²) >= 11 is 66.8. The number of esters is 4. The van der Waals surface area contributed by atoms with E-state index in [4.69, 9.17) is 132 Å². The molecule has 110 heavy (non-hydrogen) atoms. The number of nitrogens with zero attached hydrogens (tertiary/aromatic N) is 5. The van der Waals surface area contributed by atoms with Crippen molar-refractivity contribution < 1.29 is 102 Å². The van der Waals surface area contributed by atoms with Crippen molar-refractivity contribution >= 4 is 228 Å². The molecular weight excluding hydrogens is 1870 g/mol. The van der Waals surface area contributed by atoms with Crippen LogP contribution in [0.15, 0.2) is 107 Å². The van der Waals surface area contributed by atoms with E-state index in [-0.39, 0.29) is 168 Å². The zero-order chi connectivity index (χ0) is 83.0. The van der Waals surface area contributed by atoms with Crippen molar-refractivity contribution in [1.82, 2.24) is 34.9 Å². The molecule has 0 atom stereocenters. The van der Waals surface area contributed by atoms with Crippen LogP contribution in [-0.2, 0) is 79.9 Å². The number of halogens is 15. The molecule has 10 rings (SSSR count). The summed E-state index contributed by atoms with van der Waals surface area (Å²) in [5.74, 6) is -4.72. The molecule has 0 saturated heterocycles. The van der Waals surface area contributed by atoms with Crippen LogP contribution < -0.4 is 21.5 Å². The van der Waals surface area contributed by atoms with Gasteiger partial charge in [-0.2, -0.15) is 0 Å². The number of benzene rings is 3. The van der Waals surface area contributed by atoms with Crippen LogP contribution in [0.2, 0.25) is 40.7 Å². The van der Waals surface area contributed by atoms with Gasteiger partial charge in [-0.15, -0.1) is 0 Å². The molecule has 591 valence electrons. The zero-order valence-electron chi connectivity index (χ0n) is 57.5. The van der Waals surface area contributed by atoms with Gasteiger partial charge in [0.15, 0.2) is 5.82 Å². The molecule has 0 fully saturated rings. The van der Waals surface area contributed by atoms with E-state index in [1.54, 1.807) is 63.7 Å². The van der Waals surface area contributed by atoms with Crippen LogP contribution in [0.5, 0.6) is 5.75 Å². The van der Waals surface area contributed by atoms with Crippen molar-refractivity contribution in [2.45, 2.75) is 39.6 Å². The number of ether oxygens (including phenoxy) is 7. The number of methoxy groups -OCH3 is 7. The van der Waals surface area contributed by atoms with Crippen LogP contribution in [0.3, 0.4) is 0 Å². The molecule has 44 heteroatoms. The Morgan fingerprint density at radius 2 is 0.918 bits per heavy atom. The number of ketones is 1. The Hall–Kier alpha value is -6.73. The van der Waals surface area contributed by atoms with E-state index >= 15 is 0 Å². The van der Waals surface area contributed by atoms with Crippen molar-refractivity contribution in [3.8, 4) is 28.3 Å². The predicted molar refractivity (Wildman–Crippen MR) is 420 cm³/mol. The van der Waals surface area contributed by atoms with E-state index in [9.17, 15) is 56.1 Å². The summed E-state index contributed by atoms with van der Waals surface area (Å²) in [6.07, 6.45) is 0.308. The van der Waals surface area contributed by atoms with Crippen LogP contribution >= 0.6 is 152 Å². The first-order valence-electron chi connectivity index (χ1n) is 29.6. The third-order valence-electron chi connectivity index (χ3n) is 13.4. The number of nitrogens with one attached hydrogen (secondary N) is 2. The normalized spacial score (nSPS) is 10.3. The van der Waals surface area contributed by atoms with Gasteiger partial charge in [-0.3, -0.25) is 28.5 Å². The fourth-order valence-electron chi connectivity index (χ4n) is 8.67. The van der Waals surface area contributed by atoms with Crippen molar-refractivity contribution in [2.24, 2.45) is 5.73 Å². The standard InChI is InChI=1S/C18H13Cl2FN2O3.C18H14ClFN2O4.C12H10Cl2N2O4.C6H5BFO2.C6H3Cl3N2O.C6H10O3.Cl3OP.Cu.HI/c1-25-8-13-14(18(24)26-2)16-10(17(20)22-13)7-11(19)15(23-16)9-5-3-4-6-12(9)21;1-25-8-13-14(18(24)26-2)16-10(17(23)21-13)7-11(19)15(22-16)9-5-3-4-6-12(9)20;1-19-4-7-8(12(18)20-2)9-5(11(17)15-7)3-6(13)10(14)16-9;8-5-3-1-2-4-6(5)10-7-9;7-3-1-2(6(10)12)4(8)11-5(3)9;1-3-5(7)4-6(8)9-2;1-5(2,3)4;;/h3-7H,8H2,1-2H3;3-7H,8H2,1-2H3,(H,21,23);3H,4H2,1-2H3,(H,15,17);1-4,9H;1H,(H2,10,12);3-4H2,1-2H3;;;1H/q;;;;;;;+1;/p-1. The van der Waals surface area contributed by atoms with E-state index in [0.29, 0.717) is 19.5 Å². The van der Waals surface area contributed by atoms with Gasteiger partial charge in [-0.05, 0) is 94.4 Å².